The molecule has 6 nitrogen and oxygen atoms in total. The molecule has 2 N–H and O–H groups in total. The molecule has 5 aliphatic carbocycles. The number of hydrogen-bond acceptors (Lipinski definition) is 4. The van der Waals surface area contributed by atoms with Gasteiger partial charge in [-0.15, -0.1) is 0 Å². The number of nitrogens with zero attached hydrogens (tertiary/aromatic N) is 2. The molecule has 1 saturated heterocycles. The predicted octanol–water partition coefficient (Wildman–Crippen LogP) is 8.93. The second kappa shape index (κ2) is 13.1. The van der Waals surface area contributed by atoms with Crippen molar-refractivity contribution in [2.75, 3.05) is 39.3 Å². The fraction of sp³-hybridized carbons (Fsp3) is 0.733. The molecule has 0 bridgehead atoms. The minimum absolute atomic E-state index is 0.00195. The van der Waals surface area contributed by atoms with Gasteiger partial charge in [-0.05, 0) is 152 Å². The van der Waals surface area contributed by atoms with Crippen molar-refractivity contribution in [2.24, 2.45) is 51.2 Å². The summed E-state index contributed by atoms with van der Waals surface area (Å²) >= 11 is 0. The summed E-state index contributed by atoms with van der Waals surface area (Å²) in [4.78, 5) is 30.4. The third-order valence-electron chi connectivity index (χ3n) is 16.8. The summed E-state index contributed by atoms with van der Waals surface area (Å²) in [5.41, 5.74) is 4.79. The molecule has 1 aliphatic heterocycles. The van der Waals surface area contributed by atoms with Crippen LogP contribution in [-0.4, -0.2) is 71.6 Å². The average Bonchev–Trinajstić information content (AvgIpc) is 3.45. The Bertz CT molecular complexity index is 1560. The molecule has 0 unspecified atom stereocenters. The maximum absolute atomic E-state index is 13.9. The van der Waals surface area contributed by atoms with E-state index in [1.807, 2.05) is 12.1 Å². The van der Waals surface area contributed by atoms with E-state index in [9.17, 15) is 14.7 Å². The molecule has 51 heavy (non-hydrogen) atoms. The number of carbonyl (C=O) groups excluding carboxylic acids is 1. The summed E-state index contributed by atoms with van der Waals surface area (Å²) in [6.07, 6.45) is 14.3. The predicted molar refractivity (Wildman–Crippen MR) is 207 cm³/mol. The average molecular weight is 698 g/mol. The van der Waals surface area contributed by atoms with Gasteiger partial charge in [-0.2, -0.15) is 0 Å². The van der Waals surface area contributed by atoms with Crippen molar-refractivity contribution in [2.45, 2.75) is 118 Å². The number of aromatic carboxylic acids is 1. The molecular formula is C45H67N3O3. The molecule has 6 heteroatoms. The highest BCUT2D eigenvalue weighted by molar-refractivity contribution is 5.88. The van der Waals surface area contributed by atoms with Crippen LogP contribution in [0.25, 0.3) is 5.57 Å². The molecule has 5 fully saturated rings. The Kier molecular flexibility index (Phi) is 9.51. The van der Waals surface area contributed by atoms with Crippen molar-refractivity contribution in [3.8, 4) is 0 Å². The van der Waals surface area contributed by atoms with Crippen LogP contribution in [0, 0.1) is 51.2 Å². The number of piperazine rings is 1. The molecule has 6 aliphatic rings. The van der Waals surface area contributed by atoms with Crippen LogP contribution in [-0.2, 0) is 4.79 Å². The first-order valence-electron chi connectivity index (χ1n) is 20.5. The molecule has 0 spiro atoms. The van der Waals surface area contributed by atoms with Crippen molar-refractivity contribution in [1.82, 2.24) is 15.1 Å². The SMILES string of the molecule is C=C(C)[C@@H]1CC[C@]2(NC(=O)CN3CCN(CCC)CC3)CC[C@]3(C)[C@H](CC[C@@H]4[C@@]5(C)CC=C(c6ccc(C(=O)O)cc6)C(C)(C)[C@@H]5CC[C@]43C)[C@@H]12. The Labute approximate surface area is 308 Å². The van der Waals surface area contributed by atoms with E-state index in [0.29, 0.717) is 41.7 Å². The summed E-state index contributed by atoms with van der Waals surface area (Å²) in [7, 11) is 0. The number of carbonyl (C=O) groups is 2. The number of allylic oxidation sites excluding steroid dienone is 3. The molecule has 9 atom stereocenters. The summed E-state index contributed by atoms with van der Waals surface area (Å²) in [5.74, 6) is 2.12. The maximum Gasteiger partial charge on any atom is 0.335 e. The number of fused-ring (bicyclic) bond motifs is 7. The Morgan fingerprint density at radius 3 is 2.20 bits per heavy atom. The molecule has 0 aromatic heterocycles. The highest BCUT2D eigenvalue weighted by atomic mass is 16.4. The van der Waals surface area contributed by atoms with Crippen molar-refractivity contribution >= 4 is 17.4 Å². The number of benzene rings is 1. The van der Waals surface area contributed by atoms with Gasteiger partial charge in [0.2, 0.25) is 5.91 Å². The van der Waals surface area contributed by atoms with Crippen LogP contribution in [0.1, 0.15) is 129 Å². The largest absolute Gasteiger partial charge is 0.478 e. The first-order valence-corrected chi connectivity index (χ1v) is 20.5. The van der Waals surface area contributed by atoms with E-state index < -0.39 is 5.97 Å². The molecule has 0 radical (unpaired) electrons. The smallest absolute Gasteiger partial charge is 0.335 e. The van der Waals surface area contributed by atoms with Gasteiger partial charge in [0.05, 0.1) is 12.1 Å². The third-order valence-corrected chi connectivity index (χ3v) is 16.8. The zero-order chi connectivity index (χ0) is 36.6. The fourth-order valence-electron chi connectivity index (χ4n) is 14.3. The Balaban J connectivity index is 1.14. The quantitative estimate of drug-likeness (QED) is 0.266. The zero-order valence-corrected chi connectivity index (χ0v) is 33.0. The highest BCUT2D eigenvalue weighted by Crippen LogP contribution is 2.76. The van der Waals surface area contributed by atoms with E-state index in [1.165, 1.54) is 55.2 Å². The number of amides is 1. The number of carboxylic acids is 1. The summed E-state index contributed by atoms with van der Waals surface area (Å²) in [6.45, 7) is 27.8. The number of nitrogens with one attached hydrogen (secondary N) is 1. The molecule has 1 aromatic carbocycles. The van der Waals surface area contributed by atoms with Gasteiger partial charge in [0.25, 0.3) is 0 Å². The van der Waals surface area contributed by atoms with E-state index in [4.69, 9.17) is 0 Å². The first-order chi connectivity index (χ1) is 24.1. The van der Waals surface area contributed by atoms with E-state index >= 15 is 0 Å². The van der Waals surface area contributed by atoms with Gasteiger partial charge >= 0.3 is 5.97 Å². The van der Waals surface area contributed by atoms with E-state index in [1.54, 1.807) is 12.1 Å². The van der Waals surface area contributed by atoms with Crippen LogP contribution in [0.4, 0.5) is 0 Å². The van der Waals surface area contributed by atoms with Crippen LogP contribution in [0.2, 0.25) is 0 Å². The van der Waals surface area contributed by atoms with Gasteiger partial charge in [-0.3, -0.25) is 9.69 Å². The molecule has 1 aromatic rings. The van der Waals surface area contributed by atoms with Crippen LogP contribution < -0.4 is 5.32 Å². The van der Waals surface area contributed by atoms with Crippen LogP contribution in [0.5, 0.6) is 0 Å². The minimum Gasteiger partial charge on any atom is -0.478 e. The summed E-state index contributed by atoms with van der Waals surface area (Å²) in [6, 6.07) is 7.59. The second-order valence-corrected chi connectivity index (χ2v) is 19.4. The molecule has 1 amide bonds. The molecule has 1 heterocycles. The fourth-order valence-corrected chi connectivity index (χ4v) is 14.3. The van der Waals surface area contributed by atoms with Crippen molar-refractivity contribution in [1.29, 1.82) is 0 Å². The van der Waals surface area contributed by atoms with Gasteiger partial charge in [0.1, 0.15) is 0 Å². The normalized spacial score (nSPS) is 40.6. The van der Waals surface area contributed by atoms with Crippen molar-refractivity contribution in [3.05, 3.63) is 53.6 Å². The van der Waals surface area contributed by atoms with Gasteiger partial charge in [0.15, 0.2) is 0 Å². The van der Waals surface area contributed by atoms with Crippen LogP contribution in [0.15, 0.2) is 42.5 Å². The van der Waals surface area contributed by atoms with Gasteiger partial charge in [-0.25, -0.2) is 4.79 Å². The molecular weight excluding hydrogens is 631 g/mol. The Hall–Kier alpha value is -2.44. The Morgan fingerprint density at radius 1 is 0.863 bits per heavy atom. The third kappa shape index (κ3) is 5.79. The first kappa shape index (κ1) is 36.9. The van der Waals surface area contributed by atoms with Gasteiger partial charge < -0.3 is 15.3 Å². The summed E-state index contributed by atoms with van der Waals surface area (Å²) < 4.78 is 0. The lowest BCUT2D eigenvalue weighted by Crippen LogP contribution is -2.68. The van der Waals surface area contributed by atoms with E-state index in [2.05, 4.69) is 76.2 Å². The zero-order valence-electron chi connectivity index (χ0n) is 33.0. The molecule has 7 rings (SSSR count). The monoisotopic (exact) mass is 698 g/mol. The second-order valence-electron chi connectivity index (χ2n) is 19.4. The van der Waals surface area contributed by atoms with Crippen molar-refractivity contribution < 1.29 is 14.7 Å². The molecule has 280 valence electrons. The number of hydrogen-bond donors (Lipinski definition) is 2. The lowest BCUT2D eigenvalue weighted by molar-refractivity contribution is -0.219. The number of carboxylic acid groups (broad SMARTS) is 1. The molecule has 4 saturated carbocycles. The lowest BCUT2D eigenvalue weighted by Gasteiger charge is -2.72. The van der Waals surface area contributed by atoms with Crippen LogP contribution in [0.3, 0.4) is 0 Å². The number of rotatable bonds is 8. The minimum atomic E-state index is -0.868. The van der Waals surface area contributed by atoms with Gasteiger partial charge in [-0.1, -0.05) is 71.9 Å². The lowest BCUT2D eigenvalue weighted by atomic mass is 9.33. The summed E-state index contributed by atoms with van der Waals surface area (Å²) in [5, 5.41) is 13.3. The van der Waals surface area contributed by atoms with E-state index in [0.717, 1.165) is 58.4 Å². The standard InChI is InChI=1S/C45H67N3O3/c1-9-24-47-25-27-48(28-26-47)29-38(49)46-45-21-16-33(30(2)3)39(45)35-14-15-37-42(6)19-17-34(31-10-12-32(13-11-31)40(50)51)41(4,5)36(42)18-20-44(37,8)43(35,7)22-23-45/h10-13,17,33,35-37,39H,2,9,14-16,18-29H2,1,3-8H3,(H,46,49)(H,50,51)/t33-,35+,36-,37+,39+,42-,43+,44+,45-/m0/s1. The highest BCUT2D eigenvalue weighted by Gasteiger charge is 2.70. The topological polar surface area (TPSA) is 72.9 Å². The van der Waals surface area contributed by atoms with Crippen LogP contribution >= 0.6 is 0 Å². The maximum atomic E-state index is 13.9. The van der Waals surface area contributed by atoms with Crippen molar-refractivity contribution in [3.63, 3.8) is 0 Å². The van der Waals surface area contributed by atoms with E-state index in [-0.39, 0.29) is 33.1 Å². The Morgan fingerprint density at radius 2 is 1.55 bits per heavy atom. The van der Waals surface area contributed by atoms with Gasteiger partial charge in [0, 0.05) is 31.7 Å².